The Morgan fingerprint density at radius 2 is 1.36 bits per heavy atom. The third kappa shape index (κ3) is 3.33. The maximum absolute atomic E-state index is 2.30. The lowest BCUT2D eigenvalue weighted by Gasteiger charge is -2.35. The van der Waals surface area contributed by atoms with Crippen LogP contribution in [0.5, 0.6) is 0 Å². The quantitative estimate of drug-likeness (QED) is 0.684. The molecular formula is C12H26N2. The van der Waals surface area contributed by atoms with Crippen molar-refractivity contribution in [2.75, 3.05) is 28.2 Å². The first kappa shape index (κ1) is 13.5. The summed E-state index contributed by atoms with van der Waals surface area (Å²) >= 11 is 0. The predicted octanol–water partition coefficient (Wildman–Crippen LogP) is 2.43. The standard InChI is InChI=1S/C12H26N2/c1-9(2)11(13(5)6)12(10(3)4)14(7)8/h9,11H,1-8H3. The van der Waals surface area contributed by atoms with E-state index in [0.29, 0.717) is 12.0 Å². The molecule has 2 nitrogen and oxygen atoms in total. The van der Waals surface area contributed by atoms with Gasteiger partial charge < -0.3 is 9.80 Å². The van der Waals surface area contributed by atoms with Crippen molar-refractivity contribution in [3.8, 4) is 0 Å². The maximum Gasteiger partial charge on any atom is 0.0514 e. The summed E-state index contributed by atoms with van der Waals surface area (Å²) in [4.78, 5) is 4.53. The van der Waals surface area contributed by atoms with E-state index in [1.54, 1.807) is 0 Å². The first-order valence-electron chi connectivity index (χ1n) is 5.30. The van der Waals surface area contributed by atoms with E-state index in [-0.39, 0.29) is 0 Å². The summed E-state index contributed by atoms with van der Waals surface area (Å²) in [7, 11) is 8.55. The van der Waals surface area contributed by atoms with Gasteiger partial charge >= 0.3 is 0 Å². The predicted molar refractivity (Wildman–Crippen MR) is 64.4 cm³/mol. The fourth-order valence-corrected chi connectivity index (χ4v) is 2.16. The Hall–Kier alpha value is -0.500. The van der Waals surface area contributed by atoms with Crippen molar-refractivity contribution in [2.45, 2.75) is 33.7 Å². The van der Waals surface area contributed by atoms with Gasteiger partial charge in [-0.25, -0.2) is 0 Å². The van der Waals surface area contributed by atoms with E-state index in [4.69, 9.17) is 0 Å². The number of hydrogen-bond donors (Lipinski definition) is 0. The molecular weight excluding hydrogens is 172 g/mol. The molecule has 0 aliphatic rings. The molecule has 1 unspecified atom stereocenters. The Kier molecular flexibility index (Phi) is 5.21. The molecule has 0 fully saturated rings. The van der Waals surface area contributed by atoms with Gasteiger partial charge in [0, 0.05) is 19.8 Å². The van der Waals surface area contributed by atoms with E-state index < -0.39 is 0 Å². The third-order valence-corrected chi connectivity index (χ3v) is 2.46. The summed E-state index contributed by atoms with van der Waals surface area (Å²) < 4.78 is 0. The highest BCUT2D eigenvalue weighted by Gasteiger charge is 2.22. The highest BCUT2D eigenvalue weighted by atomic mass is 15.2. The van der Waals surface area contributed by atoms with Gasteiger partial charge in [0.25, 0.3) is 0 Å². The van der Waals surface area contributed by atoms with Crippen LogP contribution in [0.2, 0.25) is 0 Å². The molecule has 0 aromatic rings. The van der Waals surface area contributed by atoms with Crippen molar-refractivity contribution >= 4 is 0 Å². The van der Waals surface area contributed by atoms with Crippen LogP contribution in [0.4, 0.5) is 0 Å². The molecule has 0 rings (SSSR count). The molecule has 0 heterocycles. The SMILES string of the molecule is CC(C)=C(C(C(C)C)N(C)C)N(C)C. The summed E-state index contributed by atoms with van der Waals surface area (Å²) in [5, 5.41) is 0. The molecule has 0 spiro atoms. The Balaban J connectivity index is 5.06. The minimum atomic E-state index is 0.509. The van der Waals surface area contributed by atoms with Crippen molar-refractivity contribution in [3.63, 3.8) is 0 Å². The molecule has 0 aliphatic heterocycles. The molecule has 0 saturated carbocycles. The Morgan fingerprint density at radius 3 is 1.43 bits per heavy atom. The lowest BCUT2D eigenvalue weighted by Crippen LogP contribution is -2.39. The smallest absolute Gasteiger partial charge is 0.0514 e. The molecule has 0 N–H and O–H groups in total. The van der Waals surface area contributed by atoms with Gasteiger partial charge in [0.05, 0.1) is 6.04 Å². The average Bonchev–Trinajstić information content (AvgIpc) is 1.96. The van der Waals surface area contributed by atoms with Gasteiger partial charge in [-0.05, 0) is 33.9 Å². The summed E-state index contributed by atoms with van der Waals surface area (Å²) in [5.41, 5.74) is 2.84. The van der Waals surface area contributed by atoms with E-state index in [2.05, 4.69) is 65.7 Å². The van der Waals surface area contributed by atoms with Gasteiger partial charge in [-0.15, -0.1) is 0 Å². The van der Waals surface area contributed by atoms with Crippen LogP contribution in [0.3, 0.4) is 0 Å². The molecule has 1 atom stereocenters. The summed E-state index contributed by atoms with van der Waals surface area (Å²) in [5.74, 6) is 0.636. The van der Waals surface area contributed by atoms with Crippen molar-refractivity contribution in [1.82, 2.24) is 9.80 Å². The molecule has 2 heteroatoms. The van der Waals surface area contributed by atoms with Crippen molar-refractivity contribution in [3.05, 3.63) is 11.3 Å². The Bertz CT molecular complexity index is 190. The average molecular weight is 198 g/mol. The van der Waals surface area contributed by atoms with Gasteiger partial charge in [0.1, 0.15) is 0 Å². The molecule has 0 amide bonds. The topological polar surface area (TPSA) is 6.48 Å². The van der Waals surface area contributed by atoms with Crippen LogP contribution in [0.15, 0.2) is 11.3 Å². The molecule has 0 aromatic heterocycles. The molecule has 0 aromatic carbocycles. The Morgan fingerprint density at radius 1 is 0.929 bits per heavy atom. The first-order valence-corrected chi connectivity index (χ1v) is 5.30. The zero-order valence-electron chi connectivity index (χ0n) is 11.0. The van der Waals surface area contributed by atoms with Gasteiger partial charge in [0.2, 0.25) is 0 Å². The second-order valence-corrected chi connectivity index (χ2v) is 4.93. The first-order chi connectivity index (χ1) is 6.29. The number of rotatable bonds is 4. The summed E-state index contributed by atoms with van der Waals surface area (Å²) in [6.07, 6.45) is 0. The number of hydrogen-bond acceptors (Lipinski definition) is 2. The van der Waals surface area contributed by atoms with Crippen LogP contribution in [-0.2, 0) is 0 Å². The molecule has 14 heavy (non-hydrogen) atoms. The Labute approximate surface area is 89.6 Å². The van der Waals surface area contributed by atoms with Crippen molar-refractivity contribution in [1.29, 1.82) is 0 Å². The second-order valence-electron chi connectivity index (χ2n) is 4.93. The zero-order valence-corrected chi connectivity index (χ0v) is 11.0. The second kappa shape index (κ2) is 5.40. The summed E-state index contributed by atoms with van der Waals surface area (Å²) in [6, 6.07) is 0.509. The summed E-state index contributed by atoms with van der Waals surface area (Å²) in [6.45, 7) is 8.93. The van der Waals surface area contributed by atoms with Gasteiger partial charge in [-0.3, -0.25) is 0 Å². The molecule has 0 aliphatic carbocycles. The van der Waals surface area contributed by atoms with E-state index >= 15 is 0 Å². The minimum absolute atomic E-state index is 0.509. The van der Waals surface area contributed by atoms with Crippen LogP contribution < -0.4 is 0 Å². The van der Waals surface area contributed by atoms with Crippen LogP contribution in [0, 0.1) is 5.92 Å². The number of likely N-dealkylation sites (N-methyl/N-ethyl adjacent to an activating group) is 2. The molecule has 84 valence electrons. The molecule has 0 bridgehead atoms. The van der Waals surface area contributed by atoms with Gasteiger partial charge in [0.15, 0.2) is 0 Å². The van der Waals surface area contributed by atoms with Crippen LogP contribution >= 0.6 is 0 Å². The number of allylic oxidation sites excluding steroid dienone is 1. The van der Waals surface area contributed by atoms with Gasteiger partial charge in [-0.2, -0.15) is 0 Å². The molecule has 0 saturated heterocycles. The zero-order chi connectivity index (χ0) is 11.5. The lowest BCUT2D eigenvalue weighted by molar-refractivity contribution is 0.227. The van der Waals surface area contributed by atoms with E-state index in [1.807, 2.05) is 0 Å². The van der Waals surface area contributed by atoms with E-state index in [9.17, 15) is 0 Å². The van der Waals surface area contributed by atoms with E-state index in [0.717, 1.165) is 0 Å². The van der Waals surface area contributed by atoms with Crippen molar-refractivity contribution in [2.24, 2.45) is 5.92 Å². The normalized spacial score (nSPS) is 13.3. The highest BCUT2D eigenvalue weighted by molar-refractivity contribution is 5.15. The highest BCUT2D eigenvalue weighted by Crippen LogP contribution is 2.21. The number of nitrogens with zero attached hydrogens (tertiary/aromatic N) is 2. The van der Waals surface area contributed by atoms with Gasteiger partial charge in [-0.1, -0.05) is 19.4 Å². The fraction of sp³-hybridized carbons (Fsp3) is 0.833. The maximum atomic E-state index is 2.30. The van der Waals surface area contributed by atoms with E-state index in [1.165, 1.54) is 11.3 Å². The van der Waals surface area contributed by atoms with Crippen LogP contribution in [-0.4, -0.2) is 44.0 Å². The lowest BCUT2D eigenvalue weighted by atomic mass is 9.96. The third-order valence-electron chi connectivity index (χ3n) is 2.46. The fourth-order valence-electron chi connectivity index (χ4n) is 2.16. The minimum Gasteiger partial charge on any atom is -0.380 e. The monoisotopic (exact) mass is 198 g/mol. The largest absolute Gasteiger partial charge is 0.380 e. The van der Waals surface area contributed by atoms with Crippen LogP contribution in [0.25, 0.3) is 0 Å². The van der Waals surface area contributed by atoms with Crippen molar-refractivity contribution < 1.29 is 0 Å². The van der Waals surface area contributed by atoms with Crippen LogP contribution in [0.1, 0.15) is 27.7 Å². The molecule has 0 radical (unpaired) electrons.